The molecule has 3 N–H and O–H groups in total. The largest absolute Gasteiger partial charge is 0.506 e. The lowest BCUT2D eigenvalue weighted by Gasteiger charge is -2.14. The Hall–Kier alpha value is -2.58. The molecule has 1 heterocycles. The van der Waals surface area contributed by atoms with Gasteiger partial charge < -0.3 is 20.3 Å². The van der Waals surface area contributed by atoms with E-state index >= 15 is 0 Å². The Morgan fingerprint density at radius 1 is 1.29 bits per heavy atom. The predicted molar refractivity (Wildman–Crippen MR) is 110 cm³/mol. The van der Waals surface area contributed by atoms with E-state index in [0.29, 0.717) is 35.9 Å². The Labute approximate surface area is 168 Å². The summed E-state index contributed by atoms with van der Waals surface area (Å²) in [5.74, 6) is 0.604. The van der Waals surface area contributed by atoms with Crippen LogP contribution in [0.2, 0.25) is 0 Å². The average molecular weight is 404 g/mol. The minimum absolute atomic E-state index is 0.160. The van der Waals surface area contributed by atoms with Crippen molar-refractivity contribution in [1.29, 1.82) is 0 Å². The van der Waals surface area contributed by atoms with Crippen molar-refractivity contribution in [2.45, 2.75) is 37.6 Å². The van der Waals surface area contributed by atoms with E-state index in [2.05, 4.69) is 20.0 Å². The van der Waals surface area contributed by atoms with E-state index in [-0.39, 0.29) is 6.61 Å². The summed E-state index contributed by atoms with van der Waals surface area (Å²) in [6.07, 6.45) is 5.06. The van der Waals surface area contributed by atoms with Crippen molar-refractivity contribution in [2.24, 2.45) is 0 Å². The molecule has 0 saturated carbocycles. The molecule has 2 rings (SSSR count). The second kappa shape index (κ2) is 11.3. The minimum atomic E-state index is -1.27. The van der Waals surface area contributed by atoms with Crippen LogP contribution < -0.4 is 5.32 Å². The maximum absolute atomic E-state index is 10.5. The molecular weight excluding hydrogens is 378 g/mol. The van der Waals surface area contributed by atoms with Crippen LogP contribution in [0.1, 0.15) is 30.2 Å². The van der Waals surface area contributed by atoms with Gasteiger partial charge in [0.15, 0.2) is 5.16 Å². The zero-order valence-electron chi connectivity index (χ0n) is 16.0. The van der Waals surface area contributed by atoms with Crippen LogP contribution in [-0.4, -0.2) is 45.2 Å². The molecule has 0 fully saturated rings. The highest BCUT2D eigenvalue weighted by Crippen LogP contribution is 2.23. The highest BCUT2D eigenvalue weighted by molar-refractivity contribution is 7.98. The summed E-state index contributed by atoms with van der Waals surface area (Å²) < 4.78 is 4.64. The van der Waals surface area contributed by atoms with Gasteiger partial charge >= 0.3 is 6.16 Å². The summed E-state index contributed by atoms with van der Waals surface area (Å²) in [6, 6.07) is 9.97. The van der Waals surface area contributed by atoms with E-state index in [4.69, 9.17) is 5.11 Å². The monoisotopic (exact) mass is 403 g/mol. The maximum atomic E-state index is 10.5. The van der Waals surface area contributed by atoms with Crippen LogP contribution in [0.3, 0.4) is 0 Å². The quantitative estimate of drug-likeness (QED) is 0.239. The molecule has 0 radical (unpaired) electrons. The van der Waals surface area contributed by atoms with Gasteiger partial charge in [-0.25, -0.2) is 14.8 Å². The van der Waals surface area contributed by atoms with Crippen LogP contribution in [0.15, 0.2) is 47.6 Å². The number of hydrogen-bond acceptors (Lipinski definition) is 7. The molecule has 1 aromatic carbocycles. The van der Waals surface area contributed by atoms with Gasteiger partial charge in [-0.3, -0.25) is 0 Å². The lowest BCUT2D eigenvalue weighted by atomic mass is 10.1. The lowest BCUT2D eigenvalue weighted by Crippen LogP contribution is -2.12. The van der Waals surface area contributed by atoms with Crippen molar-refractivity contribution in [3.8, 4) is 0 Å². The number of nitrogens with zero attached hydrogens (tertiary/aromatic N) is 2. The van der Waals surface area contributed by atoms with E-state index in [9.17, 15) is 9.90 Å². The van der Waals surface area contributed by atoms with E-state index in [0.717, 1.165) is 11.3 Å². The third-order valence-electron chi connectivity index (χ3n) is 3.95. The van der Waals surface area contributed by atoms with Gasteiger partial charge in [-0.05, 0) is 18.7 Å². The smallest absolute Gasteiger partial charge is 0.450 e. The number of aliphatic hydroxyl groups excluding tert-OH is 1. The Morgan fingerprint density at radius 3 is 2.68 bits per heavy atom. The summed E-state index contributed by atoms with van der Waals surface area (Å²) in [5.41, 5.74) is 2.59. The SMILES string of the molecule is CSc1nc(Cc2ccccc2)c(CO)c(NC/C=C/CC(C)OC(=O)O)n1. The van der Waals surface area contributed by atoms with Crippen molar-refractivity contribution < 1.29 is 19.7 Å². The van der Waals surface area contributed by atoms with Crippen LogP contribution in [0.25, 0.3) is 0 Å². The van der Waals surface area contributed by atoms with Gasteiger partial charge in [0.2, 0.25) is 0 Å². The summed E-state index contributed by atoms with van der Waals surface area (Å²) in [4.78, 5) is 19.5. The summed E-state index contributed by atoms with van der Waals surface area (Å²) in [6.45, 7) is 2.02. The third kappa shape index (κ3) is 6.86. The predicted octanol–water partition coefficient (Wildman–Crippen LogP) is 3.72. The number of anilines is 1. The number of carbonyl (C=O) groups is 1. The van der Waals surface area contributed by atoms with Crippen molar-refractivity contribution in [3.63, 3.8) is 0 Å². The first-order chi connectivity index (χ1) is 13.5. The fourth-order valence-corrected chi connectivity index (χ4v) is 2.98. The van der Waals surface area contributed by atoms with E-state index in [1.807, 2.05) is 48.7 Å². The molecule has 1 unspecified atom stereocenters. The molecule has 0 spiro atoms. The van der Waals surface area contributed by atoms with Crippen LogP contribution in [0.5, 0.6) is 0 Å². The van der Waals surface area contributed by atoms with Crippen molar-refractivity contribution in [2.75, 3.05) is 18.1 Å². The summed E-state index contributed by atoms with van der Waals surface area (Å²) in [7, 11) is 0. The number of aliphatic hydroxyl groups is 1. The maximum Gasteiger partial charge on any atom is 0.506 e. The van der Waals surface area contributed by atoms with Gasteiger partial charge in [0.05, 0.1) is 12.3 Å². The standard InChI is InChI=1S/C20H25N3O4S/c1-14(27-20(25)26)8-6-7-11-21-18-16(13-24)17(22-19(23-18)28-2)12-15-9-4-3-5-10-15/h3-7,9-10,14,24H,8,11-13H2,1-2H3,(H,25,26)(H,21,22,23)/b7-6+. The van der Waals surface area contributed by atoms with Crippen LogP contribution in [-0.2, 0) is 17.8 Å². The average Bonchev–Trinajstić information content (AvgIpc) is 2.67. The number of aromatic nitrogens is 2. The number of benzene rings is 1. The van der Waals surface area contributed by atoms with Gasteiger partial charge in [0.1, 0.15) is 11.9 Å². The van der Waals surface area contributed by atoms with E-state index in [1.54, 1.807) is 6.92 Å². The van der Waals surface area contributed by atoms with Crippen LogP contribution in [0.4, 0.5) is 10.6 Å². The lowest BCUT2D eigenvalue weighted by molar-refractivity contribution is 0.0602. The number of hydrogen-bond donors (Lipinski definition) is 3. The third-order valence-corrected chi connectivity index (χ3v) is 4.50. The van der Waals surface area contributed by atoms with Gasteiger partial charge in [-0.2, -0.15) is 0 Å². The van der Waals surface area contributed by atoms with Crippen molar-refractivity contribution in [3.05, 3.63) is 59.3 Å². The Bertz CT molecular complexity index is 800. The first-order valence-electron chi connectivity index (χ1n) is 8.90. The fraction of sp³-hybridized carbons (Fsp3) is 0.350. The highest BCUT2D eigenvalue weighted by atomic mass is 32.2. The second-order valence-electron chi connectivity index (χ2n) is 6.09. The molecule has 0 aliphatic rings. The Morgan fingerprint density at radius 2 is 2.04 bits per heavy atom. The number of nitrogens with one attached hydrogen (secondary N) is 1. The van der Waals surface area contributed by atoms with Gasteiger partial charge in [-0.15, -0.1) is 0 Å². The molecule has 28 heavy (non-hydrogen) atoms. The number of rotatable bonds is 10. The van der Waals surface area contributed by atoms with Crippen LogP contribution in [0, 0.1) is 0 Å². The molecular formula is C20H25N3O4S. The molecule has 0 aliphatic carbocycles. The topological polar surface area (TPSA) is 105 Å². The fourth-order valence-electron chi connectivity index (χ4n) is 2.59. The van der Waals surface area contributed by atoms with E-state index in [1.165, 1.54) is 11.8 Å². The normalized spacial score (nSPS) is 12.1. The molecule has 0 amide bonds. The van der Waals surface area contributed by atoms with Crippen LogP contribution >= 0.6 is 11.8 Å². The summed E-state index contributed by atoms with van der Waals surface area (Å²) >= 11 is 1.45. The molecule has 2 aromatic rings. The molecule has 7 nitrogen and oxygen atoms in total. The Kier molecular flexibility index (Phi) is 8.77. The first-order valence-corrected chi connectivity index (χ1v) is 10.1. The molecule has 1 atom stereocenters. The minimum Gasteiger partial charge on any atom is -0.450 e. The second-order valence-corrected chi connectivity index (χ2v) is 6.86. The molecule has 8 heteroatoms. The van der Waals surface area contributed by atoms with Gasteiger partial charge in [-0.1, -0.05) is 54.2 Å². The Balaban J connectivity index is 2.08. The molecule has 150 valence electrons. The van der Waals surface area contributed by atoms with Gasteiger partial charge in [0, 0.05) is 24.9 Å². The number of ether oxygens (including phenoxy) is 1. The first kappa shape index (κ1) is 21.7. The molecule has 0 bridgehead atoms. The van der Waals surface area contributed by atoms with E-state index < -0.39 is 12.3 Å². The molecule has 0 aliphatic heterocycles. The zero-order chi connectivity index (χ0) is 20.4. The van der Waals surface area contributed by atoms with Crippen molar-refractivity contribution >= 4 is 23.7 Å². The van der Waals surface area contributed by atoms with Gasteiger partial charge in [0.25, 0.3) is 0 Å². The highest BCUT2D eigenvalue weighted by Gasteiger charge is 2.14. The molecule has 0 saturated heterocycles. The molecule has 1 aromatic heterocycles. The van der Waals surface area contributed by atoms with Crippen molar-refractivity contribution in [1.82, 2.24) is 9.97 Å². The zero-order valence-corrected chi connectivity index (χ0v) is 16.8. The number of carboxylic acid groups (broad SMARTS) is 1. The number of thioether (sulfide) groups is 1. The summed E-state index contributed by atoms with van der Waals surface area (Å²) in [5, 5.41) is 22.3.